The Morgan fingerprint density at radius 1 is 1.00 bits per heavy atom. The molecule has 3 rings (SSSR count). The van der Waals surface area contributed by atoms with Crippen LogP contribution in [-0.4, -0.2) is 31.4 Å². The predicted molar refractivity (Wildman–Crippen MR) is 109 cm³/mol. The van der Waals surface area contributed by atoms with E-state index in [1.165, 1.54) is 5.39 Å². The van der Waals surface area contributed by atoms with E-state index >= 15 is 0 Å². The summed E-state index contributed by atoms with van der Waals surface area (Å²) in [5.74, 6) is 0.0131. The summed E-state index contributed by atoms with van der Waals surface area (Å²) < 4.78 is 0. The van der Waals surface area contributed by atoms with Crippen molar-refractivity contribution in [3.63, 3.8) is 0 Å². The monoisotopic (exact) mass is 366 g/mol. The number of likely N-dealkylation sites (N-methyl/N-ethyl adjacent to an activating group) is 1. The number of hydrogen-bond donors (Lipinski definition) is 1. The van der Waals surface area contributed by atoms with E-state index in [1.54, 1.807) is 0 Å². The maximum Gasteiger partial charge on any atom is 0.224 e. The zero-order chi connectivity index (χ0) is 18.5. The second-order valence-corrected chi connectivity index (χ2v) is 7.07. The number of carbonyl (C=O) groups is 1. The van der Waals surface area contributed by atoms with Crippen LogP contribution < -0.4 is 5.32 Å². The smallest absolute Gasteiger partial charge is 0.224 e. The molecule has 1 N–H and O–H groups in total. The van der Waals surface area contributed by atoms with E-state index in [-0.39, 0.29) is 11.9 Å². The maximum absolute atomic E-state index is 12.4. The lowest BCUT2D eigenvalue weighted by molar-refractivity contribution is -0.120. The van der Waals surface area contributed by atoms with E-state index in [9.17, 15) is 4.79 Å². The number of nitrogens with one attached hydrogen (secondary N) is 1. The molecule has 1 unspecified atom stereocenters. The quantitative estimate of drug-likeness (QED) is 0.698. The van der Waals surface area contributed by atoms with Crippen LogP contribution >= 0.6 is 11.6 Å². The number of hydrogen-bond acceptors (Lipinski definition) is 2. The lowest BCUT2D eigenvalue weighted by Gasteiger charge is -2.26. The highest BCUT2D eigenvalue weighted by Gasteiger charge is 2.17. The molecule has 1 amide bonds. The van der Waals surface area contributed by atoms with Gasteiger partial charge in [-0.05, 0) is 42.1 Å². The van der Waals surface area contributed by atoms with E-state index < -0.39 is 0 Å². The van der Waals surface area contributed by atoms with Crippen molar-refractivity contribution in [3.05, 3.63) is 82.9 Å². The van der Waals surface area contributed by atoms with Crippen molar-refractivity contribution >= 4 is 28.3 Å². The third-order valence-corrected chi connectivity index (χ3v) is 4.90. The first-order valence-corrected chi connectivity index (χ1v) is 9.07. The van der Waals surface area contributed by atoms with Crippen molar-refractivity contribution < 1.29 is 4.79 Å². The van der Waals surface area contributed by atoms with Gasteiger partial charge in [-0.3, -0.25) is 4.79 Å². The molecule has 26 heavy (non-hydrogen) atoms. The Kier molecular flexibility index (Phi) is 5.92. The van der Waals surface area contributed by atoms with Gasteiger partial charge in [0.2, 0.25) is 5.91 Å². The molecule has 0 aromatic heterocycles. The van der Waals surface area contributed by atoms with Crippen molar-refractivity contribution in [2.45, 2.75) is 12.5 Å². The Labute approximate surface area is 159 Å². The van der Waals surface area contributed by atoms with Gasteiger partial charge in [-0.15, -0.1) is 0 Å². The average Bonchev–Trinajstić information content (AvgIpc) is 2.63. The molecule has 0 radical (unpaired) electrons. The number of carbonyl (C=O) groups excluding carboxylic acids is 1. The Hall–Kier alpha value is -2.36. The van der Waals surface area contributed by atoms with Gasteiger partial charge in [-0.1, -0.05) is 72.3 Å². The van der Waals surface area contributed by atoms with Crippen molar-refractivity contribution in [1.82, 2.24) is 10.2 Å². The summed E-state index contributed by atoms with van der Waals surface area (Å²) in [6.45, 7) is 0.517. The first kappa shape index (κ1) is 18.4. The Morgan fingerprint density at radius 3 is 2.42 bits per heavy atom. The fourth-order valence-electron chi connectivity index (χ4n) is 3.12. The molecule has 0 aliphatic heterocycles. The van der Waals surface area contributed by atoms with Gasteiger partial charge in [0.05, 0.1) is 12.5 Å². The Bertz CT molecular complexity index is 907. The molecule has 4 heteroatoms. The zero-order valence-electron chi connectivity index (χ0n) is 15.1. The zero-order valence-corrected chi connectivity index (χ0v) is 15.8. The van der Waals surface area contributed by atoms with Crippen molar-refractivity contribution in [2.24, 2.45) is 0 Å². The fourth-order valence-corrected chi connectivity index (χ4v) is 3.38. The summed E-state index contributed by atoms with van der Waals surface area (Å²) in [6, 6.07) is 22.1. The van der Waals surface area contributed by atoms with E-state index in [2.05, 4.69) is 34.5 Å². The minimum absolute atomic E-state index is 0.0131. The molecule has 134 valence electrons. The van der Waals surface area contributed by atoms with Gasteiger partial charge in [-0.2, -0.15) is 0 Å². The van der Waals surface area contributed by atoms with Gasteiger partial charge < -0.3 is 10.2 Å². The summed E-state index contributed by atoms with van der Waals surface area (Å²) >= 11 is 6.32. The minimum Gasteiger partial charge on any atom is -0.354 e. The molecule has 0 saturated carbocycles. The van der Waals surface area contributed by atoms with Crippen molar-refractivity contribution in [2.75, 3.05) is 20.6 Å². The highest BCUT2D eigenvalue weighted by atomic mass is 35.5. The summed E-state index contributed by atoms with van der Waals surface area (Å²) in [4.78, 5) is 14.5. The highest BCUT2D eigenvalue weighted by Crippen LogP contribution is 2.25. The van der Waals surface area contributed by atoms with Crippen LogP contribution in [0.4, 0.5) is 0 Å². The van der Waals surface area contributed by atoms with Crippen LogP contribution in [0.15, 0.2) is 66.7 Å². The molecule has 3 aromatic carbocycles. The van der Waals surface area contributed by atoms with Crippen molar-refractivity contribution in [3.8, 4) is 0 Å². The largest absolute Gasteiger partial charge is 0.354 e. The number of nitrogens with zero attached hydrogens (tertiary/aromatic N) is 1. The number of halogens is 1. The number of rotatable bonds is 6. The lowest BCUT2D eigenvalue weighted by Crippen LogP contribution is -2.35. The third-order valence-electron chi connectivity index (χ3n) is 4.56. The number of benzene rings is 3. The first-order chi connectivity index (χ1) is 12.5. The van der Waals surface area contributed by atoms with E-state index in [0.29, 0.717) is 13.0 Å². The van der Waals surface area contributed by atoms with Gasteiger partial charge in [0.1, 0.15) is 0 Å². The van der Waals surface area contributed by atoms with Gasteiger partial charge in [0.25, 0.3) is 0 Å². The standard InChI is InChI=1S/C22H23ClN2O/c1-25(2)21(19-9-5-6-10-20(19)23)15-24-22(26)14-16-11-12-17-7-3-4-8-18(17)13-16/h3-13,21H,14-15H2,1-2H3,(H,24,26). The molecule has 0 heterocycles. The molecule has 3 aromatic rings. The molecule has 0 spiro atoms. The van der Waals surface area contributed by atoms with Crippen molar-refractivity contribution in [1.29, 1.82) is 0 Å². The first-order valence-electron chi connectivity index (χ1n) is 8.70. The second kappa shape index (κ2) is 8.35. The molecule has 0 aliphatic rings. The van der Waals surface area contributed by atoms with Crippen LogP contribution in [-0.2, 0) is 11.2 Å². The molecular weight excluding hydrogens is 344 g/mol. The molecule has 1 atom stereocenters. The van der Waals surface area contributed by atoms with Gasteiger partial charge in [0.15, 0.2) is 0 Å². The summed E-state index contributed by atoms with van der Waals surface area (Å²) in [7, 11) is 3.98. The topological polar surface area (TPSA) is 32.3 Å². The van der Waals surface area contributed by atoms with Crippen LogP contribution in [0.25, 0.3) is 10.8 Å². The second-order valence-electron chi connectivity index (χ2n) is 6.66. The molecule has 0 fully saturated rings. The van der Waals surface area contributed by atoms with Gasteiger partial charge in [0, 0.05) is 11.6 Å². The predicted octanol–water partition coefficient (Wildman–Crippen LogP) is 4.45. The van der Waals surface area contributed by atoms with Gasteiger partial charge in [-0.25, -0.2) is 0 Å². The highest BCUT2D eigenvalue weighted by molar-refractivity contribution is 6.31. The van der Waals surface area contributed by atoms with Crippen LogP contribution in [0.5, 0.6) is 0 Å². The average molecular weight is 367 g/mol. The fraction of sp³-hybridized carbons (Fsp3) is 0.227. The van der Waals surface area contributed by atoms with E-state index in [1.807, 2.05) is 56.6 Å². The molecule has 0 saturated heterocycles. The van der Waals surface area contributed by atoms with Crippen LogP contribution in [0, 0.1) is 0 Å². The van der Waals surface area contributed by atoms with Crippen LogP contribution in [0.1, 0.15) is 17.2 Å². The summed E-state index contributed by atoms with van der Waals surface area (Å²) in [6.07, 6.45) is 0.369. The Morgan fingerprint density at radius 2 is 1.69 bits per heavy atom. The number of amides is 1. The number of fused-ring (bicyclic) bond motifs is 1. The van der Waals surface area contributed by atoms with E-state index in [4.69, 9.17) is 11.6 Å². The molecule has 0 bridgehead atoms. The summed E-state index contributed by atoms with van der Waals surface area (Å²) in [5.41, 5.74) is 2.03. The SMILES string of the molecule is CN(C)C(CNC(=O)Cc1ccc2ccccc2c1)c1ccccc1Cl. The van der Waals surface area contributed by atoms with Crippen LogP contribution in [0.2, 0.25) is 5.02 Å². The summed E-state index contributed by atoms with van der Waals surface area (Å²) in [5, 5.41) is 6.10. The molecular formula is C22H23ClN2O. The molecule has 3 nitrogen and oxygen atoms in total. The molecule has 0 aliphatic carbocycles. The van der Waals surface area contributed by atoms with Gasteiger partial charge >= 0.3 is 0 Å². The minimum atomic E-state index is 0.0131. The normalized spacial score (nSPS) is 12.3. The lowest BCUT2D eigenvalue weighted by atomic mass is 10.0. The maximum atomic E-state index is 12.4. The Balaban J connectivity index is 1.65. The van der Waals surface area contributed by atoms with Crippen LogP contribution in [0.3, 0.4) is 0 Å². The van der Waals surface area contributed by atoms with E-state index in [0.717, 1.165) is 21.5 Å². The third kappa shape index (κ3) is 4.43.